The summed E-state index contributed by atoms with van der Waals surface area (Å²) < 4.78 is 18.6. The number of likely N-dealkylation sites (tertiary alicyclic amines) is 1. The van der Waals surface area contributed by atoms with Gasteiger partial charge in [-0.3, -0.25) is 9.59 Å². The molecule has 0 aromatic heterocycles. The minimum absolute atomic E-state index is 0.0139. The van der Waals surface area contributed by atoms with E-state index in [9.17, 15) is 14.0 Å². The average Bonchev–Trinajstić information content (AvgIpc) is 2.77. The molecule has 1 heterocycles. The lowest BCUT2D eigenvalue weighted by atomic mass is 9.94. The van der Waals surface area contributed by atoms with Crippen LogP contribution < -0.4 is 4.74 Å². The Morgan fingerprint density at radius 1 is 1.17 bits per heavy atom. The highest BCUT2D eigenvalue weighted by Gasteiger charge is 2.32. The Morgan fingerprint density at radius 3 is 2.55 bits per heavy atom. The van der Waals surface area contributed by atoms with Crippen LogP contribution in [0.1, 0.15) is 41.7 Å². The van der Waals surface area contributed by atoms with Crippen LogP contribution in [0.25, 0.3) is 0 Å². The van der Waals surface area contributed by atoms with Crippen molar-refractivity contribution in [1.82, 2.24) is 9.80 Å². The number of rotatable bonds is 5. The van der Waals surface area contributed by atoms with Crippen molar-refractivity contribution in [3.63, 3.8) is 0 Å². The van der Waals surface area contributed by atoms with Gasteiger partial charge in [-0.2, -0.15) is 0 Å². The molecule has 6 heteroatoms. The molecule has 2 aromatic carbocycles. The number of benzene rings is 2. The molecule has 0 radical (unpaired) electrons. The molecule has 3 rings (SSSR count). The molecule has 1 saturated heterocycles. The maximum Gasteiger partial charge on any atom is 0.253 e. The summed E-state index contributed by atoms with van der Waals surface area (Å²) in [5, 5.41) is 0. The molecule has 2 aromatic rings. The van der Waals surface area contributed by atoms with Crippen molar-refractivity contribution in [2.24, 2.45) is 5.92 Å². The standard InChI is InChI=1S/C23H27FN2O3/c1-16(20-8-4-5-9-21(20)29-3)25(2)22(27)18-7-6-14-26(15-18)23(28)17-10-12-19(24)13-11-17/h4-5,8-13,16,18H,6-7,14-15H2,1-3H3. The fourth-order valence-electron chi connectivity index (χ4n) is 3.84. The Bertz CT molecular complexity index is 869. The second-order valence-corrected chi connectivity index (χ2v) is 7.46. The number of methoxy groups -OCH3 is 1. The average molecular weight is 398 g/mol. The van der Waals surface area contributed by atoms with Gasteiger partial charge in [0.2, 0.25) is 5.91 Å². The highest BCUT2D eigenvalue weighted by Crippen LogP contribution is 2.30. The molecule has 0 saturated carbocycles. The second kappa shape index (κ2) is 9.07. The third-order valence-electron chi connectivity index (χ3n) is 5.67. The number of carbonyl (C=O) groups excluding carboxylic acids is 2. The van der Waals surface area contributed by atoms with E-state index in [1.165, 1.54) is 24.3 Å². The molecule has 154 valence electrons. The minimum Gasteiger partial charge on any atom is -0.496 e. The first kappa shape index (κ1) is 20.8. The molecule has 0 N–H and O–H groups in total. The molecule has 29 heavy (non-hydrogen) atoms. The monoisotopic (exact) mass is 398 g/mol. The van der Waals surface area contributed by atoms with Gasteiger partial charge in [-0.15, -0.1) is 0 Å². The molecular weight excluding hydrogens is 371 g/mol. The zero-order chi connectivity index (χ0) is 21.0. The van der Waals surface area contributed by atoms with Gasteiger partial charge in [0.15, 0.2) is 0 Å². The van der Waals surface area contributed by atoms with Crippen molar-refractivity contribution in [2.45, 2.75) is 25.8 Å². The number of halogens is 1. The summed E-state index contributed by atoms with van der Waals surface area (Å²) in [6.07, 6.45) is 1.51. The Kier molecular flexibility index (Phi) is 6.52. The van der Waals surface area contributed by atoms with E-state index >= 15 is 0 Å². The number of para-hydroxylation sites is 1. The van der Waals surface area contributed by atoms with Gasteiger partial charge >= 0.3 is 0 Å². The lowest BCUT2D eigenvalue weighted by Gasteiger charge is -2.36. The molecule has 0 spiro atoms. The summed E-state index contributed by atoms with van der Waals surface area (Å²) in [4.78, 5) is 29.3. The number of ether oxygens (including phenoxy) is 1. The smallest absolute Gasteiger partial charge is 0.253 e. The van der Waals surface area contributed by atoms with Gasteiger partial charge in [0, 0.05) is 31.3 Å². The van der Waals surface area contributed by atoms with E-state index in [4.69, 9.17) is 4.74 Å². The molecule has 1 fully saturated rings. The highest BCUT2D eigenvalue weighted by atomic mass is 19.1. The fraction of sp³-hybridized carbons (Fsp3) is 0.391. The van der Waals surface area contributed by atoms with E-state index in [1.807, 2.05) is 31.2 Å². The summed E-state index contributed by atoms with van der Waals surface area (Å²) in [6, 6.07) is 13.0. The van der Waals surface area contributed by atoms with Crippen LogP contribution in [0.4, 0.5) is 4.39 Å². The van der Waals surface area contributed by atoms with Crippen molar-refractivity contribution in [3.05, 3.63) is 65.5 Å². The van der Waals surface area contributed by atoms with Crippen LogP contribution in [0.15, 0.2) is 48.5 Å². The number of hydrogen-bond acceptors (Lipinski definition) is 3. The lowest BCUT2D eigenvalue weighted by molar-refractivity contribution is -0.137. The Hall–Kier alpha value is -2.89. The fourth-order valence-corrected chi connectivity index (χ4v) is 3.84. The molecular formula is C23H27FN2O3. The number of nitrogens with zero attached hydrogens (tertiary/aromatic N) is 2. The van der Waals surface area contributed by atoms with Gasteiger partial charge in [-0.1, -0.05) is 18.2 Å². The molecule has 2 atom stereocenters. The minimum atomic E-state index is -0.375. The third-order valence-corrected chi connectivity index (χ3v) is 5.67. The molecule has 2 amide bonds. The van der Waals surface area contributed by atoms with Gasteiger partial charge in [0.05, 0.1) is 19.1 Å². The summed E-state index contributed by atoms with van der Waals surface area (Å²) in [6.45, 7) is 2.95. The highest BCUT2D eigenvalue weighted by molar-refractivity contribution is 5.94. The number of piperidine rings is 1. The zero-order valence-electron chi connectivity index (χ0n) is 17.1. The van der Waals surface area contributed by atoms with Crippen molar-refractivity contribution in [3.8, 4) is 5.75 Å². The molecule has 0 aliphatic carbocycles. The molecule has 2 unspecified atom stereocenters. The van der Waals surface area contributed by atoms with Gasteiger partial charge in [0.1, 0.15) is 11.6 Å². The summed E-state index contributed by atoms with van der Waals surface area (Å²) in [5.74, 6) is -0.0325. The number of carbonyl (C=O) groups is 2. The van der Waals surface area contributed by atoms with Gasteiger partial charge in [0.25, 0.3) is 5.91 Å². The topological polar surface area (TPSA) is 49.9 Å². The van der Waals surface area contributed by atoms with E-state index in [2.05, 4.69) is 0 Å². The maximum absolute atomic E-state index is 13.2. The van der Waals surface area contributed by atoms with E-state index in [0.717, 1.165) is 24.2 Å². The van der Waals surface area contributed by atoms with Crippen molar-refractivity contribution in [1.29, 1.82) is 0 Å². The summed E-state index contributed by atoms with van der Waals surface area (Å²) >= 11 is 0. The SMILES string of the molecule is COc1ccccc1C(C)N(C)C(=O)C1CCCN(C(=O)c2ccc(F)cc2)C1. The van der Waals surface area contributed by atoms with Crippen LogP contribution in [0.3, 0.4) is 0 Å². The van der Waals surface area contributed by atoms with Gasteiger partial charge in [-0.25, -0.2) is 4.39 Å². The van der Waals surface area contributed by atoms with Crippen molar-refractivity contribution < 1.29 is 18.7 Å². The molecule has 0 bridgehead atoms. The summed E-state index contributed by atoms with van der Waals surface area (Å²) in [7, 11) is 3.41. The molecule has 1 aliphatic rings. The second-order valence-electron chi connectivity index (χ2n) is 7.46. The quantitative estimate of drug-likeness (QED) is 0.767. The van der Waals surface area contributed by atoms with Crippen LogP contribution in [0.2, 0.25) is 0 Å². The third kappa shape index (κ3) is 4.58. The predicted octanol–water partition coefficient (Wildman–Crippen LogP) is 3.91. The summed E-state index contributed by atoms with van der Waals surface area (Å²) in [5.41, 5.74) is 1.39. The van der Waals surface area contributed by atoms with E-state index in [1.54, 1.807) is 24.0 Å². The van der Waals surface area contributed by atoms with Crippen LogP contribution in [0, 0.1) is 11.7 Å². The normalized spacial score (nSPS) is 17.5. The van der Waals surface area contributed by atoms with Crippen LogP contribution in [0.5, 0.6) is 5.75 Å². The van der Waals surface area contributed by atoms with E-state index < -0.39 is 0 Å². The predicted molar refractivity (Wildman–Crippen MR) is 109 cm³/mol. The number of hydrogen-bond donors (Lipinski definition) is 0. The first-order valence-electron chi connectivity index (χ1n) is 9.86. The van der Waals surface area contributed by atoms with Crippen LogP contribution in [-0.4, -0.2) is 48.9 Å². The van der Waals surface area contributed by atoms with Crippen molar-refractivity contribution >= 4 is 11.8 Å². The van der Waals surface area contributed by atoms with Gasteiger partial charge < -0.3 is 14.5 Å². The largest absolute Gasteiger partial charge is 0.496 e. The van der Waals surface area contributed by atoms with E-state index in [0.29, 0.717) is 18.7 Å². The molecule has 5 nitrogen and oxygen atoms in total. The van der Waals surface area contributed by atoms with Gasteiger partial charge in [-0.05, 0) is 50.1 Å². The first-order valence-corrected chi connectivity index (χ1v) is 9.86. The number of amides is 2. The lowest BCUT2D eigenvalue weighted by Crippen LogP contribution is -2.46. The van der Waals surface area contributed by atoms with Crippen LogP contribution in [-0.2, 0) is 4.79 Å². The van der Waals surface area contributed by atoms with E-state index in [-0.39, 0.29) is 29.6 Å². The molecule has 1 aliphatic heterocycles. The maximum atomic E-state index is 13.2. The zero-order valence-corrected chi connectivity index (χ0v) is 17.1. The first-order chi connectivity index (χ1) is 13.9. The Labute approximate surface area is 171 Å². The Balaban J connectivity index is 1.70. The Morgan fingerprint density at radius 2 is 1.86 bits per heavy atom. The van der Waals surface area contributed by atoms with Crippen LogP contribution >= 0.6 is 0 Å². The van der Waals surface area contributed by atoms with Crippen molar-refractivity contribution in [2.75, 3.05) is 27.2 Å².